The quantitative estimate of drug-likeness (QED) is 0.531. The van der Waals surface area contributed by atoms with E-state index in [9.17, 15) is 14.4 Å². The number of nitrogens with zero attached hydrogens (tertiary/aromatic N) is 2. The highest BCUT2D eigenvalue weighted by Gasteiger charge is 2.56. The first-order valence-electron chi connectivity index (χ1n) is 11.6. The van der Waals surface area contributed by atoms with Gasteiger partial charge in [0.25, 0.3) is 5.56 Å². The van der Waals surface area contributed by atoms with Crippen molar-refractivity contribution in [3.8, 4) is 0 Å². The Balaban J connectivity index is 1.44. The van der Waals surface area contributed by atoms with Crippen LogP contribution in [0.2, 0.25) is 0 Å². The number of fused-ring (bicyclic) bond motifs is 2. The summed E-state index contributed by atoms with van der Waals surface area (Å²) in [7, 11) is 1.26. The minimum Gasteiger partial charge on any atom is -0.467 e. The molecule has 1 aromatic carbocycles. The molecular formula is C25H31BrN4O4. The molecule has 2 bridgehead atoms. The zero-order valence-electron chi connectivity index (χ0n) is 19.9. The SMILES string of the molecule is COC(=O)C(NC(=O)Cn1ncc(N[C@@H]2C[C@@H]3C[C@H]([C@H]2C)C3(C)C)c(Br)c1=O)c1ccccc1. The van der Waals surface area contributed by atoms with E-state index < -0.39 is 23.5 Å². The molecule has 8 nitrogen and oxygen atoms in total. The van der Waals surface area contributed by atoms with Gasteiger partial charge in [0.1, 0.15) is 11.0 Å². The summed E-state index contributed by atoms with van der Waals surface area (Å²) < 4.78 is 6.25. The number of hydrogen-bond donors (Lipinski definition) is 2. The van der Waals surface area contributed by atoms with Crippen LogP contribution in [0.3, 0.4) is 0 Å². The maximum absolute atomic E-state index is 12.9. The van der Waals surface area contributed by atoms with Crippen molar-refractivity contribution in [3.05, 3.63) is 56.9 Å². The molecule has 1 unspecified atom stereocenters. The van der Waals surface area contributed by atoms with Crippen LogP contribution in [0.15, 0.2) is 45.8 Å². The highest BCUT2D eigenvalue weighted by molar-refractivity contribution is 9.10. The number of esters is 1. The van der Waals surface area contributed by atoms with E-state index in [0.29, 0.717) is 38.9 Å². The zero-order valence-corrected chi connectivity index (χ0v) is 21.5. The predicted molar refractivity (Wildman–Crippen MR) is 132 cm³/mol. The van der Waals surface area contributed by atoms with E-state index in [1.165, 1.54) is 13.5 Å². The van der Waals surface area contributed by atoms with E-state index in [4.69, 9.17) is 4.74 Å². The van der Waals surface area contributed by atoms with Gasteiger partial charge in [0.2, 0.25) is 5.91 Å². The van der Waals surface area contributed by atoms with Crippen molar-refractivity contribution in [1.82, 2.24) is 15.1 Å². The van der Waals surface area contributed by atoms with E-state index in [-0.39, 0.29) is 12.6 Å². The van der Waals surface area contributed by atoms with Crippen LogP contribution in [-0.4, -0.2) is 34.8 Å². The van der Waals surface area contributed by atoms with Gasteiger partial charge in [0, 0.05) is 6.04 Å². The average Bonchev–Trinajstić information content (AvgIpc) is 2.83. The van der Waals surface area contributed by atoms with Crippen molar-refractivity contribution in [1.29, 1.82) is 0 Å². The lowest BCUT2D eigenvalue weighted by molar-refractivity contribution is -0.145. The molecule has 2 aromatic rings. The molecule has 3 saturated carbocycles. The van der Waals surface area contributed by atoms with Crippen molar-refractivity contribution in [3.63, 3.8) is 0 Å². The van der Waals surface area contributed by atoms with Gasteiger partial charge in [-0.05, 0) is 57.5 Å². The van der Waals surface area contributed by atoms with Crippen molar-refractivity contribution < 1.29 is 14.3 Å². The number of amides is 1. The molecule has 1 heterocycles. The van der Waals surface area contributed by atoms with E-state index in [0.717, 1.165) is 11.1 Å². The number of nitrogens with one attached hydrogen (secondary N) is 2. The number of hydrogen-bond acceptors (Lipinski definition) is 6. The highest BCUT2D eigenvalue weighted by Crippen LogP contribution is 2.61. The number of ether oxygens (including phenoxy) is 1. The number of carbonyl (C=O) groups is 2. The number of aromatic nitrogens is 2. The van der Waals surface area contributed by atoms with Crippen LogP contribution >= 0.6 is 15.9 Å². The van der Waals surface area contributed by atoms with Gasteiger partial charge in [0.15, 0.2) is 6.04 Å². The van der Waals surface area contributed by atoms with Crippen LogP contribution in [0.4, 0.5) is 5.69 Å². The summed E-state index contributed by atoms with van der Waals surface area (Å²) in [6, 6.07) is 8.10. The summed E-state index contributed by atoms with van der Waals surface area (Å²) in [5.41, 5.74) is 1.19. The zero-order chi connectivity index (χ0) is 24.6. The standard InChI is InChI=1S/C25H31BrN4O4/c1-14-17-10-16(25(17,2)3)11-18(14)28-19-12-27-30(23(32)21(19)26)13-20(31)29-22(24(33)34-4)15-8-6-5-7-9-15/h5-9,12,14,16-18,22,28H,10-11,13H2,1-4H3,(H,29,31)/t14-,16+,17-,18-,22?/m1/s1. The molecule has 0 radical (unpaired) electrons. The third kappa shape index (κ3) is 4.50. The minimum absolute atomic E-state index is 0.278. The second kappa shape index (κ2) is 9.52. The van der Waals surface area contributed by atoms with Crippen LogP contribution in [0, 0.1) is 23.2 Å². The molecule has 1 aromatic heterocycles. The molecule has 3 aliphatic rings. The fourth-order valence-electron chi connectivity index (χ4n) is 5.60. The van der Waals surface area contributed by atoms with Gasteiger partial charge in [-0.15, -0.1) is 0 Å². The summed E-state index contributed by atoms with van der Waals surface area (Å²) in [6.07, 6.45) is 3.92. The molecule has 182 valence electrons. The van der Waals surface area contributed by atoms with Crippen LogP contribution in [-0.2, 0) is 20.9 Å². The third-order valence-corrected chi connectivity index (χ3v) is 8.61. The van der Waals surface area contributed by atoms with Crippen molar-refractivity contribution in [2.75, 3.05) is 12.4 Å². The topological polar surface area (TPSA) is 102 Å². The molecule has 34 heavy (non-hydrogen) atoms. The van der Waals surface area contributed by atoms with Crippen molar-refractivity contribution in [2.45, 2.75) is 52.2 Å². The van der Waals surface area contributed by atoms with Gasteiger partial charge in [-0.2, -0.15) is 5.10 Å². The normalized spacial score (nSPS) is 25.6. The summed E-state index contributed by atoms with van der Waals surface area (Å²) >= 11 is 3.40. The average molecular weight is 531 g/mol. The van der Waals surface area contributed by atoms with Crippen LogP contribution in [0.1, 0.15) is 45.2 Å². The van der Waals surface area contributed by atoms with Crippen molar-refractivity contribution in [2.24, 2.45) is 23.2 Å². The molecule has 3 aliphatic carbocycles. The van der Waals surface area contributed by atoms with E-state index in [2.05, 4.69) is 52.4 Å². The monoisotopic (exact) mass is 530 g/mol. The van der Waals surface area contributed by atoms with Gasteiger partial charge >= 0.3 is 5.97 Å². The van der Waals surface area contributed by atoms with Gasteiger partial charge in [-0.3, -0.25) is 9.59 Å². The molecule has 0 spiro atoms. The van der Waals surface area contributed by atoms with E-state index in [1.54, 1.807) is 30.5 Å². The lowest BCUT2D eigenvalue weighted by Gasteiger charge is -2.62. The summed E-state index contributed by atoms with van der Waals surface area (Å²) in [4.78, 5) is 37.8. The first kappa shape index (κ1) is 24.4. The number of anilines is 1. The first-order chi connectivity index (χ1) is 16.1. The minimum atomic E-state index is -0.970. The maximum Gasteiger partial charge on any atom is 0.333 e. The Bertz CT molecular complexity index is 1130. The molecule has 5 atom stereocenters. The Morgan fingerprint density at radius 2 is 1.97 bits per heavy atom. The lowest BCUT2D eigenvalue weighted by atomic mass is 9.45. The molecule has 3 fully saturated rings. The fraction of sp³-hybridized carbons (Fsp3) is 0.520. The molecule has 2 N–H and O–H groups in total. The summed E-state index contributed by atoms with van der Waals surface area (Å²) in [6.45, 7) is 6.66. The fourth-order valence-corrected chi connectivity index (χ4v) is 6.02. The Morgan fingerprint density at radius 3 is 2.59 bits per heavy atom. The van der Waals surface area contributed by atoms with Crippen LogP contribution in [0.5, 0.6) is 0 Å². The van der Waals surface area contributed by atoms with Crippen LogP contribution < -0.4 is 16.2 Å². The second-order valence-electron chi connectivity index (χ2n) is 9.98. The van der Waals surface area contributed by atoms with Crippen LogP contribution in [0.25, 0.3) is 0 Å². The number of halogens is 1. The summed E-state index contributed by atoms with van der Waals surface area (Å²) in [5, 5.41) is 10.4. The molecule has 0 saturated heterocycles. The van der Waals surface area contributed by atoms with E-state index in [1.807, 2.05) is 6.07 Å². The lowest BCUT2D eigenvalue weighted by Crippen LogP contribution is -2.58. The van der Waals surface area contributed by atoms with Gasteiger partial charge in [0.05, 0.1) is 19.0 Å². The Labute approximate surface area is 207 Å². The number of rotatable bonds is 7. The maximum atomic E-state index is 12.9. The highest BCUT2D eigenvalue weighted by atomic mass is 79.9. The third-order valence-electron chi connectivity index (χ3n) is 7.85. The Kier molecular flexibility index (Phi) is 6.85. The Morgan fingerprint density at radius 1 is 1.26 bits per heavy atom. The predicted octanol–water partition coefficient (Wildman–Crippen LogP) is 3.52. The second-order valence-corrected chi connectivity index (χ2v) is 10.8. The van der Waals surface area contributed by atoms with E-state index >= 15 is 0 Å². The molecular weight excluding hydrogens is 500 g/mol. The summed E-state index contributed by atoms with van der Waals surface area (Å²) in [5.74, 6) is 0.739. The number of methoxy groups -OCH3 is 1. The van der Waals surface area contributed by atoms with Gasteiger partial charge in [-0.25, -0.2) is 9.48 Å². The van der Waals surface area contributed by atoms with Crippen molar-refractivity contribution >= 4 is 33.5 Å². The van der Waals surface area contributed by atoms with Gasteiger partial charge in [-0.1, -0.05) is 51.1 Å². The number of carbonyl (C=O) groups excluding carboxylic acids is 2. The van der Waals surface area contributed by atoms with Gasteiger partial charge < -0.3 is 15.4 Å². The largest absolute Gasteiger partial charge is 0.467 e. The smallest absolute Gasteiger partial charge is 0.333 e. The number of benzene rings is 1. The Hall–Kier alpha value is -2.68. The molecule has 0 aliphatic heterocycles. The first-order valence-corrected chi connectivity index (χ1v) is 12.4. The molecule has 9 heteroatoms. The molecule has 1 amide bonds. The molecule has 5 rings (SSSR count).